The van der Waals surface area contributed by atoms with Gasteiger partial charge < -0.3 is 24.9 Å². The number of benzene rings is 1. The summed E-state index contributed by atoms with van der Waals surface area (Å²) in [7, 11) is -0.106. The SMILES string of the molecule is CO/N=C(\C(=O)N[C@H]1Cc2cccc(C(=O)O)c2OB1O)c1cccnc1. The van der Waals surface area contributed by atoms with Crippen LogP contribution in [0, 0.1) is 0 Å². The normalized spacial score (nSPS) is 16.1. The minimum atomic E-state index is -1.42. The van der Waals surface area contributed by atoms with Crippen LogP contribution in [0.25, 0.3) is 0 Å². The van der Waals surface area contributed by atoms with Gasteiger partial charge in [-0.2, -0.15) is 0 Å². The first kappa shape index (κ1) is 18.4. The number of carbonyl (C=O) groups is 2. The van der Waals surface area contributed by atoms with E-state index in [0.717, 1.165) is 0 Å². The van der Waals surface area contributed by atoms with E-state index in [1.54, 1.807) is 30.5 Å². The molecule has 1 aliphatic heterocycles. The summed E-state index contributed by atoms with van der Waals surface area (Å²) in [6.45, 7) is 0. The van der Waals surface area contributed by atoms with Crippen LogP contribution in [0.3, 0.4) is 0 Å². The Morgan fingerprint density at radius 2 is 2.19 bits per heavy atom. The maximum Gasteiger partial charge on any atom is 0.547 e. The zero-order valence-electron chi connectivity index (χ0n) is 14.3. The smallest absolute Gasteiger partial charge is 0.534 e. The van der Waals surface area contributed by atoms with Gasteiger partial charge in [-0.25, -0.2) is 4.79 Å². The largest absolute Gasteiger partial charge is 0.547 e. The standard InChI is InChI=1S/C17H16BN3O6/c1-26-21-14(11-5-3-7-19-9-11)16(22)20-13-8-10-4-2-6-12(17(23)24)15(10)27-18(13)25/h2-7,9,13,25H,8H2,1H3,(H,20,22)(H,23,24)/b21-14-/t13-/m0/s1. The molecule has 27 heavy (non-hydrogen) atoms. The molecule has 3 N–H and O–H groups in total. The molecular weight excluding hydrogens is 353 g/mol. The molecule has 138 valence electrons. The van der Waals surface area contributed by atoms with Crippen molar-refractivity contribution in [1.82, 2.24) is 10.3 Å². The zero-order valence-corrected chi connectivity index (χ0v) is 14.3. The molecule has 3 rings (SSSR count). The topological polar surface area (TPSA) is 130 Å². The maximum absolute atomic E-state index is 12.6. The summed E-state index contributed by atoms with van der Waals surface area (Å²) in [5, 5.41) is 25.8. The van der Waals surface area contributed by atoms with E-state index >= 15 is 0 Å². The van der Waals surface area contributed by atoms with Crippen LogP contribution < -0.4 is 9.97 Å². The van der Waals surface area contributed by atoms with Crippen LogP contribution in [-0.4, -0.2) is 52.9 Å². The molecule has 2 aromatic rings. The fourth-order valence-electron chi connectivity index (χ4n) is 2.77. The van der Waals surface area contributed by atoms with E-state index in [2.05, 4.69) is 15.5 Å². The summed E-state index contributed by atoms with van der Waals surface area (Å²) >= 11 is 0. The Labute approximate surface area is 154 Å². The molecule has 1 amide bonds. The summed E-state index contributed by atoms with van der Waals surface area (Å²) in [5.41, 5.74) is 0.949. The van der Waals surface area contributed by atoms with Gasteiger partial charge in [0.25, 0.3) is 5.91 Å². The number of carboxylic acids is 1. The summed E-state index contributed by atoms with van der Waals surface area (Å²) in [6, 6.07) is 7.94. The van der Waals surface area contributed by atoms with Crippen LogP contribution in [0.5, 0.6) is 5.75 Å². The van der Waals surface area contributed by atoms with E-state index in [1.165, 1.54) is 19.4 Å². The fraction of sp³-hybridized carbons (Fsp3) is 0.176. The lowest BCUT2D eigenvalue weighted by Crippen LogP contribution is -2.54. The number of aromatic nitrogens is 1. The predicted octanol–water partition coefficient (Wildman–Crippen LogP) is 0.270. The van der Waals surface area contributed by atoms with E-state index in [-0.39, 0.29) is 23.4 Å². The summed E-state index contributed by atoms with van der Waals surface area (Å²) < 4.78 is 5.36. The average molecular weight is 369 g/mol. The van der Waals surface area contributed by atoms with Gasteiger partial charge in [0.15, 0.2) is 5.71 Å². The highest BCUT2D eigenvalue weighted by Crippen LogP contribution is 2.30. The van der Waals surface area contributed by atoms with Gasteiger partial charge in [0.2, 0.25) is 0 Å². The quantitative estimate of drug-likeness (QED) is 0.392. The number of amides is 1. The number of aromatic carboxylic acids is 1. The van der Waals surface area contributed by atoms with Crippen LogP contribution in [0.4, 0.5) is 0 Å². The Balaban J connectivity index is 1.82. The number of pyridine rings is 1. The molecule has 2 heterocycles. The number of para-hydroxylation sites is 1. The molecule has 0 spiro atoms. The molecule has 1 aromatic heterocycles. The first-order valence-electron chi connectivity index (χ1n) is 8.03. The van der Waals surface area contributed by atoms with Gasteiger partial charge in [0, 0.05) is 18.0 Å². The van der Waals surface area contributed by atoms with Gasteiger partial charge in [-0.05, 0) is 30.2 Å². The lowest BCUT2D eigenvalue weighted by molar-refractivity contribution is -0.115. The number of hydrogen-bond acceptors (Lipinski definition) is 7. The van der Waals surface area contributed by atoms with E-state index in [0.29, 0.717) is 11.1 Å². The third-order valence-electron chi connectivity index (χ3n) is 4.00. The highest BCUT2D eigenvalue weighted by atomic mass is 16.6. The minimum Gasteiger partial charge on any atom is -0.534 e. The van der Waals surface area contributed by atoms with E-state index in [1.807, 2.05) is 0 Å². The highest BCUT2D eigenvalue weighted by molar-refractivity contribution is 6.50. The number of rotatable bonds is 5. The van der Waals surface area contributed by atoms with Crippen molar-refractivity contribution in [1.29, 1.82) is 0 Å². The molecular formula is C17H16BN3O6. The van der Waals surface area contributed by atoms with Gasteiger partial charge >= 0.3 is 13.1 Å². The predicted molar refractivity (Wildman–Crippen MR) is 95.4 cm³/mol. The molecule has 1 aromatic carbocycles. The second-order valence-electron chi connectivity index (χ2n) is 5.76. The van der Waals surface area contributed by atoms with Gasteiger partial charge in [0.1, 0.15) is 12.9 Å². The lowest BCUT2D eigenvalue weighted by Gasteiger charge is -2.28. The Bertz CT molecular complexity index is 889. The summed E-state index contributed by atoms with van der Waals surface area (Å²) in [4.78, 5) is 32.6. The maximum atomic E-state index is 12.6. The van der Waals surface area contributed by atoms with Gasteiger partial charge in [0.05, 0.1) is 11.5 Å². The van der Waals surface area contributed by atoms with E-state index in [4.69, 9.17) is 9.49 Å². The molecule has 10 heteroatoms. The van der Waals surface area contributed by atoms with E-state index in [9.17, 15) is 19.7 Å². The van der Waals surface area contributed by atoms with Crippen LogP contribution in [0.1, 0.15) is 21.5 Å². The van der Waals surface area contributed by atoms with E-state index < -0.39 is 24.9 Å². The molecule has 0 saturated carbocycles. The van der Waals surface area contributed by atoms with Gasteiger partial charge in [-0.15, -0.1) is 0 Å². The van der Waals surface area contributed by atoms with Crippen molar-refractivity contribution in [2.45, 2.75) is 12.4 Å². The van der Waals surface area contributed by atoms with Crippen molar-refractivity contribution in [2.75, 3.05) is 7.11 Å². The van der Waals surface area contributed by atoms with Crippen LogP contribution >= 0.6 is 0 Å². The number of oxime groups is 1. The number of nitrogens with one attached hydrogen (secondary N) is 1. The molecule has 0 saturated heterocycles. The summed E-state index contributed by atoms with van der Waals surface area (Å²) in [6.07, 6.45) is 3.21. The van der Waals surface area contributed by atoms with Crippen LogP contribution in [0.15, 0.2) is 47.9 Å². The zero-order chi connectivity index (χ0) is 19.4. The Morgan fingerprint density at radius 3 is 2.85 bits per heavy atom. The number of nitrogens with zero attached hydrogens (tertiary/aromatic N) is 2. The Morgan fingerprint density at radius 1 is 1.37 bits per heavy atom. The molecule has 1 aliphatic rings. The molecule has 0 bridgehead atoms. The van der Waals surface area contributed by atoms with Gasteiger partial charge in [-0.1, -0.05) is 17.3 Å². The summed E-state index contributed by atoms with van der Waals surface area (Å²) in [5.74, 6) is -2.45. The minimum absolute atomic E-state index is 0.0112. The van der Waals surface area contributed by atoms with Crippen LogP contribution in [0.2, 0.25) is 0 Å². The van der Waals surface area contributed by atoms with Crippen molar-refractivity contribution in [3.8, 4) is 5.75 Å². The number of fused-ring (bicyclic) bond motifs is 1. The fourth-order valence-corrected chi connectivity index (χ4v) is 2.77. The number of hydrogen-bond donors (Lipinski definition) is 3. The van der Waals surface area contributed by atoms with Crippen molar-refractivity contribution < 1.29 is 29.2 Å². The number of carboxylic acid groups (broad SMARTS) is 1. The average Bonchev–Trinajstić information content (AvgIpc) is 2.66. The van der Waals surface area contributed by atoms with Crippen molar-refractivity contribution in [3.63, 3.8) is 0 Å². The van der Waals surface area contributed by atoms with Crippen LogP contribution in [-0.2, 0) is 16.1 Å². The monoisotopic (exact) mass is 369 g/mol. The Kier molecular flexibility index (Phi) is 5.37. The molecule has 0 fully saturated rings. The second kappa shape index (κ2) is 7.87. The second-order valence-corrected chi connectivity index (χ2v) is 5.76. The van der Waals surface area contributed by atoms with Gasteiger partial charge in [-0.3, -0.25) is 9.78 Å². The van der Waals surface area contributed by atoms with Crippen molar-refractivity contribution >= 4 is 24.7 Å². The third kappa shape index (κ3) is 3.90. The lowest BCUT2D eigenvalue weighted by atomic mass is 9.72. The molecule has 1 atom stereocenters. The highest BCUT2D eigenvalue weighted by Gasteiger charge is 2.38. The molecule has 9 nitrogen and oxygen atoms in total. The van der Waals surface area contributed by atoms with Crippen molar-refractivity contribution in [2.24, 2.45) is 5.16 Å². The Hall–Kier alpha value is -3.40. The molecule has 0 aliphatic carbocycles. The molecule has 0 unspecified atom stereocenters. The first-order valence-corrected chi connectivity index (χ1v) is 8.03. The number of carbonyl (C=O) groups excluding carboxylic acids is 1. The first-order chi connectivity index (χ1) is 13.0. The molecule has 0 radical (unpaired) electrons. The van der Waals surface area contributed by atoms with Crippen molar-refractivity contribution in [3.05, 3.63) is 59.4 Å². The third-order valence-corrected chi connectivity index (χ3v) is 4.00.